The Morgan fingerprint density at radius 2 is 1.86 bits per heavy atom. The summed E-state index contributed by atoms with van der Waals surface area (Å²) < 4.78 is 0. The van der Waals surface area contributed by atoms with Gasteiger partial charge < -0.3 is 15.5 Å². The number of nitrogens with one attached hydrogen (secondary N) is 2. The van der Waals surface area contributed by atoms with Crippen molar-refractivity contribution in [3.8, 4) is 0 Å². The SMILES string of the molecule is CC(=O)Nc1cccc(Sc2ccc(C(=O)N[C@H]3CN4CCC3CC4)cc2)n1. The van der Waals surface area contributed by atoms with Gasteiger partial charge in [-0.15, -0.1) is 0 Å². The lowest BCUT2D eigenvalue weighted by molar-refractivity contribution is -0.114. The fourth-order valence-corrected chi connectivity index (χ4v) is 4.70. The number of hydrogen-bond donors (Lipinski definition) is 2. The molecule has 1 aromatic carbocycles. The number of carbonyl (C=O) groups excluding carboxylic acids is 2. The fraction of sp³-hybridized carbons (Fsp3) is 0.381. The monoisotopic (exact) mass is 396 g/mol. The second-order valence-electron chi connectivity index (χ2n) is 7.39. The predicted octanol–water partition coefficient (Wildman–Crippen LogP) is 3.02. The van der Waals surface area contributed by atoms with Gasteiger partial charge in [0.15, 0.2) is 0 Å². The molecule has 146 valence electrons. The number of hydrogen-bond acceptors (Lipinski definition) is 5. The van der Waals surface area contributed by atoms with Crippen molar-refractivity contribution in [2.24, 2.45) is 5.92 Å². The molecule has 4 heterocycles. The molecule has 1 atom stereocenters. The number of pyridine rings is 1. The van der Waals surface area contributed by atoms with Crippen molar-refractivity contribution < 1.29 is 9.59 Å². The van der Waals surface area contributed by atoms with Crippen LogP contribution in [0.3, 0.4) is 0 Å². The lowest BCUT2D eigenvalue weighted by atomic mass is 9.84. The molecule has 3 saturated heterocycles. The summed E-state index contributed by atoms with van der Waals surface area (Å²) in [6.45, 7) is 4.77. The summed E-state index contributed by atoms with van der Waals surface area (Å²) in [5.41, 5.74) is 0.681. The van der Waals surface area contributed by atoms with E-state index in [1.165, 1.54) is 44.6 Å². The molecule has 2 amide bonds. The molecule has 0 saturated carbocycles. The average molecular weight is 397 g/mol. The van der Waals surface area contributed by atoms with Gasteiger partial charge in [0, 0.05) is 30.0 Å². The molecule has 5 rings (SSSR count). The van der Waals surface area contributed by atoms with E-state index in [0.29, 0.717) is 17.3 Å². The molecule has 3 aliphatic rings. The summed E-state index contributed by atoms with van der Waals surface area (Å²) in [6.07, 6.45) is 2.37. The maximum absolute atomic E-state index is 12.6. The molecule has 2 bridgehead atoms. The third kappa shape index (κ3) is 4.54. The molecule has 0 aliphatic carbocycles. The van der Waals surface area contributed by atoms with Gasteiger partial charge in [0.2, 0.25) is 5.91 Å². The Morgan fingerprint density at radius 3 is 2.50 bits per heavy atom. The van der Waals surface area contributed by atoms with Gasteiger partial charge in [0.1, 0.15) is 10.8 Å². The Hall–Kier alpha value is -2.38. The predicted molar refractivity (Wildman–Crippen MR) is 110 cm³/mol. The van der Waals surface area contributed by atoms with Gasteiger partial charge in [-0.25, -0.2) is 4.98 Å². The van der Waals surface area contributed by atoms with Crippen LogP contribution in [0.2, 0.25) is 0 Å². The van der Waals surface area contributed by atoms with E-state index in [9.17, 15) is 9.59 Å². The van der Waals surface area contributed by atoms with Crippen molar-refractivity contribution in [1.29, 1.82) is 0 Å². The summed E-state index contributed by atoms with van der Waals surface area (Å²) in [5.74, 6) is 1.01. The molecular weight excluding hydrogens is 372 g/mol. The number of carbonyl (C=O) groups is 2. The molecule has 6 nitrogen and oxygen atoms in total. The average Bonchev–Trinajstić information content (AvgIpc) is 2.69. The molecule has 3 aliphatic heterocycles. The van der Waals surface area contributed by atoms with E-state index in [1.807, 2.05) is 36.4 Å². The van der Waals surface area contributed by atoms with Gasteiger partial charge in [-0.2, -0.15) is 0 Å². The highest BCUT2D eigenvalue weighted by molar-refractivity contribution is 7.99. The second kappa shape index (κ2) is 8.32. The highest BCUT2D eigenvalue weighted by atomic mass is 32.2. The van der Waals surface area contributed by atoms with Gasteiger partial charge in [0.25, 0.3) is 5.91 Å². The number of amides is 2. The minimum atomic E-state index is -0.145. The molecule has 0 unspecified atom stereocenters. The first-order chi connectivity index (χ1) is 13.6. The van der Waals surface area contributed by atoms with Crippen LogP contribution >= 0.6 is 11.8 Å². The highest BCUT2D eigenvalue weighted by Gasteiger charge is 2.34. The van der Waals surface area contributed by atoms with Crippen molar-refractivity contribution in [2.45, 2.75) is 35.7 Å². The molecule has 1 aromatic heterocycles. The topological polar surface area (TPSA) is 74.3 Å². The zero-order valence-electron chi connectivity index (χ0n) is 15.9. The van der Waals surface area contributed by atoms with Crippen LogP contribution in [0.4, 0.5) is 5.82 Å². The van der Waals surface area contributed by atoms with Gasteiger partial charge in [0.05, 0.1) is 0 Å². The Morgan fingerprint density at radius 1 is 1.11 bits per heavy atom. The molecular formula is C21H24N4O2S. The van der Waals surface area contributed by atoms with E-state index in [-0.39, 0.29) is 17.9 Å². The lowest BCUT2D eigenvalue weighted by Gasteiger charge is -2.44. The van der Waals surface area contributed by atoms with E-state index in [0.717, 1.165) is 16.5 Å². The van der Waals surface area contributed by atoms with Crippen LogP contribution in [0.5, 0.6) is 0 Å². The summed E-state index contributed by atoms with van der Waals surface area (Å²) in [6, 6.07) is 13.4. The van der Waals surface area contributed by atoms with E-state index in [1.54, 1.807) is 6.07 Å². The first-order valence-corrected chi connectivity index (χ1v) is 10.4. The molecule has 2 aromatic rings. The summed E-state index contributed by atoms with van der Waals surface area (Å²) >= 11 is 1.49. The smallest absolute Gasteiger partial charge is 0.251 e. The third-order valence-corrected chi connectivity index (χ3v) is 6.28. The largest absolute Gasteiger partial charge is 0.348 e. The van der Waals surface area contributed by atoms with E-state index in [4.69, 9.17) is 0 Å². The van der Waals surface area contributed by atoms with Crippen LogP contribution in [0.15, 0.2) is 52.4 Å². The van der Waals surface area contributed by atoms with Crippen LogP contribution < -0.4 is 10.6 Å². The minimum absolute atomic E-state index is 0.00100. The summed E-state index contributed by atoms with van der Waals surface area (Å²) in [7, 11) is 0. The zero-order chi connectivity index (χ0) is 19.5. The van der Waals surface area contributed by atoms with Crippen molar-refractivity contribution in [3.63, 3.8) is 0 Å². The number of nitrogens with zero attached hydrogens (tertiary/aromatic N) is 2. The van der Waals surface area contributed by atoms with Crippen molar-refractivity contribution in [1.82, 2.24) is 15.2 Å². The minimum Gasteiger partial charge on any atom is -0.348 e. The Kier molecular flexibility index (Phi) is 5.64. The van der Waals surface area contributed by atoms with Crippen LogP contribution in [0.1, 0.15) is 30.1 Å². The summed E-state index contributed by atoms with van der Waals surface area (Å²) in [5, 5.41) is 6.69. The number of benzene rings is 1. The molecule has 7 heteroatoms. The molecule has 2 N–H and O–H groups in total. The van der Waals surface area contributed by atoms with Gasteiger partial charge in [-0.05, 0) is 68.2 Å². The standard InChI is InChI=1S/C21H24N4O2S/c1-14(26)22-19-3-2-4-20(24-19)28-17-7-5-16(6-8-17)21(27)23-18-13-25-11-9-15(18)10-12-25/h2-8,15,18H,9-13H2,1H3,(H,23,27)(H,22,24,26)/t18-/m0/s1. The van der Waals surface area contributed by atoms with Gasteiger partial charge >= 0.3 is 0 Å². The van der Waals surface area contributed by atoms with Crippen molar-refractivity contribution in [2.75, 3.05) is 25.0 Å². The van der Waals surface area contributed by atoms with Crippen LogP contribution in [0, 0.1) is 5.92 Å². The van der Waals surface area contributed by atoms with Crippen molar-refractivity contribution in [3.05, 3.63) is 48.0 Å². The quantitative estimate of drug-likeness (QED) is 0.813. The fourth-order valence-electron chi connectivity index (χ4n) is 3.90. The third-order valence-electron chi connectivity index (χ3n) is 5.34. The van der Waals surface area contributed by atoms with Crippen molar-refractivity contribution >= 4 is 29.4 Å². The van der Waals surface area contributed by atoms with E-state index in [2.05, 4.69) is 20.5 Å². The molecule has 0 radical (unpaired) electrons. The maximum atomic E-state index is 12.6. The molecule has 0 spiro atoms. The molecule has 28 heavy (non-hydrogen) atoms. The van der Waals surface area contributed by atoms with E-state index >= 15 is 0 Å². The molecule has 3 fully saturated rings. The number of fused-ring (bicyclic) bond motifs is 3. The van der Waals surface area contributed by atoms with Crippen LogP contribution in [-0.2, 0) is 4.79 Å². The van der Waals surface area contributed by atoms with Gasteiger partial charge in [-0.3, -0.25) is 9.59 Å². The maximum Gasteiger partial charge on any atom is 0.251 e. The Labute approximate surface area is 169 Å². The van der Waals surface area contributed by atoms with Crippen LogP contribution in [-0.4, -0.2) is 47.4 Å². The Balaban J connectivity index is 1.37. The lowest BCUT2D eigenvalue weighted by Crippen LogP contribution is -2.57. The first-order valence-electron chi connectivity index (χ1n) is 9.62. The normalized spacial score (nSPS) is 23.2. The number of rotatable bonds is 5. The highest BCUT2D eigenvalue weighted by Crippen LogP contribution is 2.29. The first kappa shape index (κ1) is 19.0. The Bertz CT molecular complexity index is 863. The number of piperidine rings is 3. The van der Waals surface area contributed by atoms with E-state index < -0.39 is 0 Å². The second-order valence-corrected chi connectivity index (χ2v) is 8.48. The van der Waals surface area contributed by atoms with Gasteiger partial charge in [-0.1, -0.05) is 17.8 Å². The zero-order valence-corrected chi connectivity index (χ0v) is 16.7. The summed E-state index contributed by atoms with van der Waals surface area (Å²) in [4.78, 5) is 31.6. The number of anilines is 1. The van der Waals surface area contributed by atoms with Crippen LogP contribution in [0.25, 0.3) is 0 Å². The number of aromatic nitrogens is 1.